The van der Waals surface area contributed by atoms with Crippen LogP contribution in [0.2, 0.25) is 20.1 Å². The minimum atomic E-state index is 0.170. The highest BCUT2D eigenvalue weighted by Gasteiger charge is 2.31. The van der Waals surface area contributed by atoms with Crippen LogP contribution in [-0.4, -0.2) is 12.6 Å². The van der Waals surface area contributed by atoms with Crippen LogP contribution in [0.1, 0.15) is 50.8 Å². The third-order valence-corrected chi connectivity index (χ3v) is 7.91. The molecule has 34 heavy (non-hydrogen) atoms. The van der Waals surface area contributed by atoms with Crippen LogP contribution in [0.3, 0.4) is 0 Å². The highest BCUT2D eigenvalue weighted by Crippen LogP contribution is 2.40. The maximum Gasteiger partial charge on any atom is 0.0654 e. The molecule has 0 amide bonds. The molecule has 7 heteroatoms. The second kappa shape index (κ2) is 13.3. The summed E-state index contributed by atoms with van der Waals surface area (Å²) < 4.78 is 3.66. The van der Waals surface area contributed by atoms with Crippen molar-refractivity contribution in [2.45, 2.75) is 57.0 Å². The minimum Gasteiger partial charge on any atom is -0.363 e. The number of nitrogens with zero attached hydrogens (tertiary/aromatic N) is 1. The molecule has 2 unspecified atom stereocenters. The maximum atomic E-state index is 6.58. The van der Waals surface area contributed by atoms with Gasteiger partial charge in [-0.15, -0.1) is 0 Å². The lowest BCUT2D eigenvalue weighted by Gasteiger charge is -2.42. The number of aryl methyl sites for hydroxylation is 1. The Morgan fingerprint density at radius 2 is 1.59 bits per heavy atom. The fourth-order valence-electron chi connectivity index (χ4n) is 4.11. The predicted octanol–water partition coefficient (Wildman–Crippen LogP) is 9.90. The van der Waals surface area contributed by atoms with E-state index in [0.717, 1.165) is 46.4 Å². The smallest absolute Gasteiger partial charge is 0.0654 e. The Labute approximate surface area is 228 Å². The van der Waals surface area contributed by atoms with Crippen LogP contribution >= 0.6 is 58.4 Å². The minimum absolute atomic E-state index is 0.170. The molecule has 1 N–H and O–H groups in total. The summed E-state index contributed by atoms with van der Waals surface area (Å²) in [7, 11) is 0. The molecule has 3 aromatic carbocycles. The van der Waals surface area contributed by atoms with Gasteiger partial charge in [0.2, 0.25) is 0 Å². The molecule has 1 saturated heterocycles. The standard InChI is InChI=1S/C25H24Cl4N2S.C2H6/c1-2-16-5-9-21(15-22(16)28)32-30-20-11-12-31(24-10-8-19(27)13-23(24)29)25(14-20)17-3-6-18(26)7-4-17;1-2/h3-10,13,15,20,25,30H,2,11-12,14H2,1H3;1-2H3. The summed E-state index contributed by atoms with van der Waals surface area (Å²) in [6.45, 7) is 6.99. The Kier molecular flexibility index (Phi) is 10.8. The lowest BCUT2D eigenvalue weighted by atomic mass is 9.91. The molecule has 1 aliphatic heterocycles. The van der Waals surface area contributed by atoms with Crippen LogP contribution in [0, 0.1) is 0 Å². The van der Waals surface area contributed by atoms with Gasteiger partial charge in [0.05, 0.1) is 16.8 Å². The van der Waals surface area contributed by atoms with Crippen molar-refractivity contribution in [2.75, 3.05) is 11.4 Å². The quantitative estimate of drug-likeness (QED) is 0.304. The van der Waals surface area contributed by atoms with Crippen LogP contribution in [0.15, 0.2) is 65.6 Å². The van der Waals surface area contributed by atoms with Gasteiger partial charge >= 0.3 is 0 Å². The first-order valence-corrected chi connectivity index (χ1v) is 14.0. The highest BCUT2D eigenvalue weighted by molar-refractivity contribution is 7.97. The topological polar surface area (TPSA) is 15.3 Å². The summed E-state index contributed by atoms with van der Waals surface area (Å²) in [5.41, 5.74) is 3.39. The summed E-state index contributed by atoms with van der Waals surface area (Å²) in [6, 6.07) is 20.6. The van der Waals surface area contributed by atoms with E-state index in [0.29, 0.717) is 16.1 Å². The zero-order valence-electron chi connectivity index (χ0n) is 19.6. The number of benzene rings is 3. The van der Waals surface area contributed by atoms with Gasteiger partial charge in [0, 0.05) is 32.5 Å². The van der Waals surface area contributed by atoms with Crippen molar-refractivity contribution in [1.82, 2.24) is 4.72 Å². The van der Waals surface area contributed by atoms with Gasteiger partial charge < -0.3 is 4.90 Å². The van der Waals surface area contributed by atoms with Crippen molar-refractivity contribution in [3.63, 3.8) is 0 Å². The Morgan fingerprint density at radius 1 is 0.882 bits per heavy atom. The molecule has 1 aliphatic rings. The number of anilines is 1. The zero-order valence-corrected chi connectivity index (χ0v) is 23.5. The van der Waals surface area contributed by atoms with E-state index < -0.39 is 0 Å². The first kappa shape index (κ1) is 27.5. The molecule has 0 bridgehead atoms. The van der Waals surface area contributed by atoms with Gasteiger partial charge in [0.15, 0.2) is 0 Å². The van der Waals surface area contributed by atoms with Gasteiger partial charge in [-0.2, -0.15) is 0 Å². The Balaban J connectivity index is 0.00000158. The van der Waals surface area contributed by atoms with Crippen LogP contribution < -0.4 is 9.62 Å². The van der Waals surface area contributed by atoms with E-state index in [4.69, 9.17) is 46.4 Å². The number of rotatable bonds is 6. The first-order valence-electron chi connectivity index (χ1n) is 11.6. The van der Waals surface area contributed by atoms with Crippen molar-refractivity contribution in [3.8, 4) is 0 Å². The summed E-state index contributed by atoms with van der Waals surface area (Å²) in [6.07, 6.45) is 2.87. The van der Waals surface area contributed by atoms with Crippen molar-refractivity contribution in [2.24, 2.45) is 0 Å². The lowest BCUT2D eigenvalue weighted by molar-refractivity contribution is 0.404. The number of halogens is 4. The maximum absolute atomic E-state index is 6.58. The molecule has 0 aliphatic carbocycles. The van der Waals surface area contributed by atoms with E-state index >= 15 is 0 Å². The van der Waals surface area contributed by atoms with Gasteiger partial charge in [0.1, 0.15) is 0 Å². The van der Waals surface area contributed by atoms with E-state index in [1.807, 2.05) is 44.2 Å². The Bertz CT molecular complexity index is 1070. The third kappa shape index (κ3) is 7.00. The zero-order chi connectivity index (χ0) is 24.7. The molecule has 0 radical (unpaired) electrons. The Hall–Kier alpha value is -1.07. The normalized spacial score (nSPS) is 17.8. The molecule has 182 valence electrons. The molecule has 0 spiro atoms. The molecule has 2 nitrogen and oxygen atoms in total. The third-order valence-electron chi connectivity index (χ3n) is 5.83. The van der Waals surface area contributed by atoms with E-state index in [9.17, 15) is 0 Å². The second-order valence-electron chi connectivity index (χ2n) is 7.90. The SMILES string of the molecule is CC.CCc1ccc(SNC2CCN(c3ccc(Cl)cc3Cl)C(c3ccc(Cl)cc3)C2)cc1Cl. The fraction of sp³-hybridized carbons (Fsp3) is 0.333. The average molecular weight is 556 g/mol. The average Bonchev–Trinajstić information content (AvgIpc) is 2.85. The van der Waals surface area contributed by atoms with Gasteiger partial charge in [0.25, 0.3) is 0 Å². The summed E-state index contributed by atoms with van der Waals surface area (Å²) in [4.78, 5) is 3.50. The van der Waals surface area contributed by atoms with Crippen molar-refractivity contribution in [1.29, 1.82) is 0 Å². The Morgan fingerprint density at radius 3 is 2.24 bits per heavy atom. The molecular weight excluding hydrogens is 526 g/mol. The van der Waals surface area contributed by atoms with E-state index in [-0.39, 0.29) is 6.04 Å². The van der Waals surface area contributed by atoms with Crippen molar-refractivity contribution >= 4 is 64.0 Å². The number of nitrogens with one attached hydrogen (secondary N) is 1. The van der Waals surface area contributed by atoms with Gasteiger partial charge in [-0.1, -0.05) is 85.4 Å². The molecule has 4 rings (SSSR count). The van der Waals surface area contributed by atoms with Crippen LogP contribution in [-0.2, 0) is 6.42 Å². The summed E-state index contributed by atoms with van der Waals surface area (Å²) >= 11 is 26.9. The number of piperidine rings is 1. The second-order valence-corrected chi connectivity index (χ2v) is 10.5. The highest BCUT2D eigenvalue weighted by atomic mass is 35.5. The predicted molar refractivity (Wildman–Crippen MR) is 152 cm³/mol. The van der Waals surface area contributed by atoms with Crippen LogP contribution in [0.25, 0.3) is 0 Å². The molecule has 0 saturated carbocycles. The van der Waals surface area contributed by atoms with Crippen LogP contribution in [0.5, 0.6) is 0 Å². The largest absolute Gasteiger partial charge is 0.363 e. The number of hydrogen-bond donors (Lipinski definition) is 1. The fourth-order valence-corrected chi connectivity index (χ4v) is 5.96. The molecule has 1 heterocycles. The lowest BCUT2D eigenvalue weighted by Crippen LogP contribution is -2.43. The first-order chi connectivity index (χ1) is 16.4. The van der Waals surface area contributed by atoms with Gasteiger partial charge in [-0.3, -0.25) is 4.72 Å². The van der Waals surface area contributed by atoms with E-state index in [2.05, 4.69) is 40.8 Å². The molecular formula is C27H30Cl4N2S. The summed E-state index contributed by atoms with van der Waals surface area (Å²) in [5, 5.41) is 2.87. The van der Waals surface area contributed by atoms with E-state index in [1.165, 1.54) is 11.1 Å². The molecule has 2 atom stereocenters. The van der Waals surface area contributed by atoms with Crippen LogP contribution in [0.4, 0.5) is 5.69 Å². The van der Waals surface area contributed by atoms with Gasteiger partial charge in [-0.25, -0.2) is 0 Å². The molecule has 3 aromatic rings. The monoisotopic (exact) mass is 554 g/mol. The summed E-state index contributed by atoms with van der Waals surface area (Å²) in [5.74, 6) is 0. The van der Waals surface area contributed by atoms with Crippen molar-refractivity contribution < 1.29 is 0 Å². The van der Waals surface area contributed by atoms with E-state index in [1.54, 1.807) is 18.0 Å². The van der Waals surface area contributed by atoms with Crippen molar-refractivity contribution in [3.05, 3.63) is 91.9 Å². The van der Waals surface area contributed by atoms with Gasteiger partial charge in [-0.05, 0) is 84.8 Å². The number of hydrogen-bond acceptors (Lipinski definition) is 3. The molecule has 0 aromatic heterocycles. The molecule has 1 fully saturated rings.